The average Bonchev–Trinajstić information content (AvgIpc) is 2.20. The molecule has 0 aliphatic rings. The van der Waals surface area contributed by atoms with E-state index in [1.165, 1.54) is 0 Å². The molecule has 0 aliphatic carbocycles. The van der Waals surface area contributed by atoms with Crippen molar-refractivity contribution in [2.45, 2.75) is 41.0 Å². The quantitative estimate of drug-likeness (QED) is 0.870. The fraction of sp³-hybridized carbons (Fsp3) is 0.571. The van der Waals surface area contributed by atoms with E-state index in [2.05, 4.69) is 31.1 Å². The molecule has 0 radical (unpaired) electrons. The molecule has 1 atom stereocenters. The van der Waals surface area contributed by atoms with E-state index in [1.54, 1.807) is 6.20 Å². The maximum Gasteiger partial charge on any atom is 0.228 e. The van der Waals surface area contributed by atoms with Crippen molar-refractivity contribution in [2.75, 3.05) is 5.32 Å². The molecule has 0 spiro atoms. The zero-order valence-electron chi connectivity index (χ0n) is 11.4. The second kappa shape index (κ2) is 5.30. The van der Waals surface area contributed by atoms with Gasteiger partial charge < -0.3 is 5.32 Å². The summed E-state index contributed by atoms with van der Waals surface area (Å²) in [5.41, 5.74) is 1.70. The van der Waals surface area contributed by atoms with Crippen molar-refractivity contribution in [1.29, 1.82) is 0 Å². The van der Waals surface area contributed by atoms with Crippen LogP contribution in [0.5, 0.6) is 0 Å². The van der Waals surface area contributed by atoms with Gasteiger partial charge in [-0.15, -0.1) is 0 Å². The predicted molar refractivity (Wildman–Crippen MR) is 73.0 cm³/mol. The number of hydrogen-bond acceptors (Lipinski definition) is 2. The second-order valence-corrected chi connectivity index (χ2v) is 5.50. The van der Waals surface area contributed by atoms with Crippen molar-refractivity contribution in [3.05, 3.63) is 24.0 Å². The van der Waals surface area contributed by atoms with Crippen LogP contribution in [0.2, 0.25) is 0 Å². The Hall–Kier alpha value is -1.38. The maximum atomic E-state index is 12.1. The van der Waals surface area contributed by atoms with Crippen LogP contribution in [-0.4, -0.2) is 10.9 Å². The van der Waals surface area contributed by atoms with E-state index in [-0.39, 0.29) is 18.7 Å². The summed E-state index contributed by atoms with van der Waals surface area (Å²) in [6, 6.07) is 3.78. The molecule has 96 valence electrons. The number of carbonyl (C=O) groups excluding carboxylic acids is 1. The highest BCUT2D eigenvalue weighted by Gasteiger charge is 2.29. The van der Waals surface area contributed by atoms with Crippen LogP contribution in [0.25, 0.3) is 0 Å². The third kappa shape index (κ3) is 3.84. The molecule has 0 saturated carbocycles. The van der Waals surface area contributed by atoms with Crippen LogP contribution in [0, 0.1) is 18.3 Å². The van der Waals surface area contributed by atoms with E-state index in [0.29, 0.717) is 0 Å². The zero-order chi connectivity index (χ0) is 13.1. The first-order chi connectivity index (χ1) is 7.84. The second-order valence-electron chi connectivity index (χ2n) is 5.50. The van der Waals surface area contributed by atoms with E-state index >= 15 is 0 Å². The molecule has 1 N–H and O–H groups in total. The van der Waals surface area contributed by atoms with Crippen LogP contribution >= 0.6 is 0 Å². The Balaban J connectivity index is 0.00000289. The number of nitrogens with one attached hydrogen (secondary N) is 1. The summed E-state index contributed by atoms with van der Waals surface area (Å²) in [5, 5.41) is 2.93. The molecule has 3 heteroatoms. The zero-order valence-corrected chi connectivity index (χ0v) is 11.4. The van der Waals surface area contributed by atoms with Gasteiger partial charge in [0.2, 0.25) is 5.91 Å². The summed E-state index contributed by atoms with van der Waals surface area (Å²) < 4.78 is 0. The van der Waals surface area contributed by atoms with Gasteiger partial charge in [0, 0.05) is 13.0 Å². The van der Waals surface area contributed by atoms with Gasteiger partial charge in [0.05, 0.1) is 11.9 Å². The van der Waals surface area contributed by atoms with Gasteiger partial charge in [-0.05, 0) is 30.9 Å². The first-order valence-electron chi connectivity index (χ1n) is 6.08. The first kappa shape index (κ1) is 13.7. The Morgan fingerprint density at radius 2 is 2.12 bits per heavy atom. The molecule has 0 bridgehead atoms. The Labute approximate surface area is 105 Å². The smallest absolute Gasteiger partial charge is 0.228 e. The highest BCUT2D eigenvalue weighted by Crippen LogP contribution is 2.29. The number of aromatic nitrogens is 1. The lowest BCUT2D eigenvalue weighted by molar-refractivity contribution is -0.123. The van der Waals surface area contributed by atoms with Gasteiger partial charge >= 0.3 is 0 Å². The number of carbonyl (C=O) groups is 1. The van der Waals surface area contributed by atoms with Crippen LogP contribution in [0.1, 0.15) is 41.2 Å². The summed E-state index contributed by atoms with van der Waals surface area (Å²) in [6.07, 6.45) is 2.54. The van der Waals surface area contributed by atoms with Gasteiger partial charge in [0.15, 0.2) is 0 Å². The molecular weight excluding hydrogens is 212 g/mol. The van der Waals surface area contributed by atoms with Crippen LogP contribution in [0.15, 0.2) is 18.3 Å². The molecule has 1 aromatic rings. The number of anilines is 1. The molecule has 1 rings (SSSR count). The van der Waals surface area contributed by atoms with Crippen molar-refractivity contribution in [2.24, 2.45) is 11.3 Å². The summed E-state index contributed by atoms with van der Waals surface area (Å²) >= 11 is 0. The van der Waals surface area contributed by atoms with Crippen molar-refractivity contribution in [1.82, 2.24) is 4.98 Å². The van der Waals surface area contributed by atoms with Crippen molar-refractivity contribution in [3.63, 3.8) is 0 Å². The van der Waals surface area contributed by atoms with E-state index in [0.717, 1.165) is 17.8 Å². The maximum absolute atomic E-state index is 12.1. The molecule has 17 heavy (non-hydrogen) atoms. The molecule has 1 amide bonds. The fourth-order valence-electron chi connectivity index (χ4n) is 1.96. The Morgan fingerprint density at radius 1 is 1.47 bits per heavy atom. The Bertz CT molecular complexity index is 382. The van der Waals surface area contributed by atoms with E-state index in [9.17, 15) is 4.79 Å². The molecule has 0 aliphatic heterocycles. The lowest BCUT2D eigenvalue weighted by Crippen LogP contribution is -2.32. The predicted octanol–water partition coefficient (Wildman–Crippen LogP) is 3.65. The van der Waals surface area contributed by atoms with Gasteiger partial charge in [-0.1, -0.05) is 27.7 Å². The van der Waals surface area contributed by atoms with E-state index in [1.807, 2.05) is 26.0 Å². The third-order valence-corrected chi connectivity index (χ3v) is 2.95. The largest absolute Gasteiger partial charge is 0.324 e. The molecule has 0 saturated heterocycles. The average molecular weight is 236 g/mol. The SMILES string of the molecule is CCC(C(=O)Nc1ccc(C)nc1)C(C)(C)C.[HH]. The van der Waals surface area contributed by atoms with Gasteiger partial charge in [0.25, 0.3) is 0 Å². The third-order valence-electron chi connectivity index (χ3n) is 2.95. The highest BCUT2D eigenvalue weighted by molar-refractivity contribution is 5.92. The summed E-state index contributed by atoms with van der Waals surface area (Å²) in [5.74, 6) is 0.0921. The molecule has 1 unspecified atom stereocenters. The van der Waals surface area contributed by atoms with Crippen LogP contribution in [0.4, 0.5) is 5.69 Å². The first-order valence-corrected chi connectivity index (χ1v) is 6.08. The molecule has 3 nitrogen and oxygen atoms in total. The van der Waals surface area contributed by atoms with E-state index in [4.69, 9.17) is 0 Å². The lowest BCUT2D eigenvalue weighted by atomic mass is 9.78. The summed E-state index contributed by atoms with van der Waals surface area (Å²) in [4.78, 5) is 16.3. The number of aryl methyl sites for hydroxylation is 1. The summed E-state index contributed by atoms with van der Waals surface area (Å²) in [7, 11) is 0. The van der Waals surface area contributed by atoms with Crippen molar-refractivity contribution in [3.8, 4) is 0 Å². The van der Waals surface area contributed by atoms with Gasteiger partial charge in [-0.2, -0.15) is 0 Å². The number of nitrogens with zero attached hydrogens (tertiary/aromatic N) is 1. The van der Waals surface area contributed by atoms with Crippen molar-refractivity contribution >= 4 is 11.6 Å². The minimum absolute atomic E-state index is 0. The van der Waals surface area contributed by atoms with Gasteiger partial charge in [0.1, 0.15) is 0 Å². The van der Waals surface area contributed by atoms with Crippen LogP contribution < -0.4 is 5.32 Å². The molecular formula is C14H24N2O. The number of rotatable bonds is 3. The fourth-order valence-corrected chi connectivity index (χ4v) is 1.96. The normalized spacial score (nSPS) is 13.2. The number of amides is 1. The van der Waals surface area contributed by atoms with Gasteiger partial charge in [-0.25, -0.2) is 0 Å². The van der Waals surface area contributed by atoms with Crippen molar-refractivity contribution < 1.29 is 6.22 Å². The standard InChI is InChI=1S/C14H22N2O.H2/c1-6-12(14(3,4)5)13(17)16-11-8-7-10(2)15-9-11;/h7-9,12H,6H2,1-5H3,(H,16,17);1H. The minimum Gasteiger partial charge on any atom is -0.324 e. The van der Waals surface area contributed by atoms with Gasteiger partial charge in [-0.3, -0.25) is 9.78 Å². The highest BCUT2D eigenvalue weighted by atomic mass is 16.1. The number of pyridine rings is 1. The number of hydrogen-bond donors (Lipinski definition) is 1. The van der Waals surface area contributed by atoms with Crippen LogP contribution in [0.3, 0.4) is 0 Å². The Kier molecular flexibility index (Phi) is 4.27. The van der Waals surface area contributed by atoms with Crippen LogP contribution in [-0.2, 0) is 4.79 Å². The molecule has 0 aromatic carbocycles. The monoisotopic (exact) mass is 236 g/mol. The molecule has 0 fully saturated rings. The van der Waals surface area contributed by atoms with E-state index < -0.39 is 0 Å². The lowest BCUT2D eigenvalue weighted by Gasteiger charge is -2.28. The Morgan fingerprint density at radius 3 is 2.53 bits per heavy atom. The topological polar surface area (TPSA) is 42.0 Å². The minimum atomic E-state index is -0.0169. The molecule has 1 aromatic heterocycles. The molecule has 1 heterocycles. The summed E-state index contributed by atoms with van der Waals surface area (Å²) in [6.45, 7) is 10.2.